The van der Waals surface area contributed by atoms with Crippen LogP contribution >= 0.6 is 0 Å². The van der Waals surface area contributed by atoms with Crippen molar-refractivity contribution in [2.45, 2.75) is 37.7 Å². The number of benzene rings is 1. The standard InChI is InChI=1S/C20H23N3O6S/c1-20(2,3)29-19(25)22(4)15-11-14(12-21-18(15)28-5)23-17(24)10-13-8-6-7-9-16(13)30(23,26)27/h6-9,11-12H,10H2,1-5H3. The summed E-state index contributed by atoms with van der Waals surface area (Å²) in [6.45, 7) is 5.17. The summed E-state index contributed by atoms with van der Waals surface area (Å²) < 4.78 is 37.5. The molecule has 1 aliphatic heterocycles. The summed E-state index contributed by atoms with van der Waals surface area (Å²) in [6, 6.07) is 7.70. The van der Waals surface area contributed by atoms with Crippen molar-refractivity contribution in [2.75, 3.05) is 23.4 Å². The lowest BCUT2D eigenvalue weighted by molar-refractivity contribution is -0.117. The summed E-state index contributed by atoms with van der Waals surface area (Å²) in [5.74, 6) is -0.541. The van der Waals surface area contributed by atoms with E-state index in [1.165, 1.54) is 32.5 Å². The average molecular weight is 433 g/mol. The van der Waals surface area contributed by atoms with Gasteiger partial charge in [-0.25, -0.2) is 22.5 Å². The number of amides is 2. The van der Waals surface area contributed by atoms with Crippen molar-refractivity contribution in [3.63, 3.8) is 0 Å². The first-order valence-electron chi connectivity index (χ1n) is 9.12. The normalized spacial score (nSPS) is 15.4. The predicted octanol–water partition coefficient (Wildman–Crippen LogP) is 2.74. The van der Waals surface area contributed by atoms with Gasteiger partial charge in [0.15, 0.2) is 0 Å². The Bertz CT molecular complexity index is 1110. The van der Waals surface area contributed by atoms with Crippen molar-refractivity contribution in [3.8, 4) is 5.88 Å². The van der Waals surface area contributed by atoms with Gasteiger partial charge in [-0.1, -0.05) is 18.2 Å². The highest BCUT2D eigenvalue weighted by atomic mass is 32.2. The van der Waals surface area contributed by atoms with E-state index < -0.39 is 27.6 Å². The van der Waals surface area contributed by atoms with Gasteiger partial charge in [0, 0.05) is 7.05 Å². The number of ether oxygens (including phenoxy) is 2. The highest BCUT2D eigenvalue weighted by Crippen LogP contribution is 2.36. The Morgan fingerprint density at radius 2 is 1.90 bits per heavy atom. The molecule has 30 heavy (non-hydrogen) atoms. The lowest BCUT2D eigenvalue weighted by atomic mass is 10.1. The van der Waals surface area contributed by atoms with Gasteiger partial charge in [0.05, 0.1) is 30.3 Å². The second-order valence-corrected chi connectivity index (χ2v) is 9.46. The van der Waals surface area contributed by atoms with E-state index in [1.807, 2.05) is 0 Å². The molecule has 0 spiro atoms. The molecule has 10 heteroatoms. The number of fused-ring (bicyclic) bond motifs is 1. The van der Waals surface area contributed by atoms with E-state index >= 15 is 0 Å². The largest absolute Gasteiger partial charge is 0.480 e. The van der Waals surface area contributed by atoms with E-state index in [1.54, 1.807) is 39.0 Å². The van der Waals surface area contributed by atoms with Crippen LogP contribution in [0.15, 0.2) is 41.4 Å². The van der Waals surface area contributed by atoms with Crippen LogP contribution < -0.4 is 13.9 Å². The van der Waals surface area contributed by atoms with Gasteiger partial charge in [-0.15, -0.1) is 0 Å². The maximum Gasteiger partial charge on any atom is 0.414 e. The van der Waals surface area contributed by atoms with Crippen molar-refractivity contribution in [2.24, 2.45) is 0 Å². The SMILES string of the molecule is COc1ncc(N2C(=O)Cc3ccccc3S2(=O)=O)cc1N(C)C(=O)OC(C)(C)C. The molecule has 1 aliphatic rings. The van der Waals surface area contributed by atoms with Gasteiger partial charge in [-0.3, -0.25) is 9.69 Å². The third-order valence-corrected chi connectivity index (χ3v) is 6.18. The van der Waals surface area contributed by atoms with Crippen molar-refractivity contribution < 1.29 is 27.5 Å². The summed E-state index contributed by atoms with van der Waals surface area (Å²) in [5.41, 5.74) is -0.141. The molecule has 0 atom stereocenters. The number of pyridine rings is 1. The Labute approximate surface area is 175 Å². The number of carbonyl (C=O) groups is 2. The number of aromatic nitrogens is 1. The fourth-order valence-corrected chi connectivity index (χ4v) is 4.65. The fourth-order valence-electron chi connectivity index (χ4n) is 3.02. The van der Waals surface area contributed by atoms with Crippen LogP contribution in [-0.2, 0) is 26.0 Å². The molecule has 2 amide bonds. The minimum Gasteiger partial charge on any atom is -0.480 e. The Kier molecular flexibility index (Phi) is 5.46. The summed E-state index contributed by atoms with van der Waals surface area (Å²) >= 11 is 0. The molecule has 0 saturated carbocycles. The van der Waals surface area contributed by atoms with Crippen molar-refractivity contribution in [1.29, 1.82) is 0 Å². The Morgan fingerprint density at radius 1 is 1.23 bits per heavy atom. The maximum absolute atomic E-state index is 13.1. The molecule has 1 aromatic heterocycles. The van der Waals surface area contributed by atoms with E-state index in [9.17, 15) is 18.0 Å². The third kappa shape index (κ3) is 3.95. The molecule has 0 saturated heterocycles. The van der Waals surface area contributed by atoms with Gasteiger partial charge in [-0.2, -0.15) is 0 Å². The molecule has 0 radical (unpaired) electrons. The van der Waals surface area contributed by atoms with Crippen LogP contribution in [0.5, 0.6) is 5.88 Å². The number of sulfonamides is 1. The number of anilines is 2. The number of methoxy groups -OCH3 is 1. The van der Waals surface area contributed by atoms with Crippen LogP contribution in [0, 0.1) is 0 Å². The first-order chi connectivity index (χ1) is 14.0. The molecule has 0 unspecified atom stereocenters. The molecule has 2 heterocycles. The summed E-state index contributed by atoms with van der Waals surface area (Å²) in [5, 5.41) is 0. The number of nitrogens with zero attached hydrogens (tertiary/aromatic N) is 3. The molecule has 160 valence electrons. The van der Waals surface area contributed by atoms with Gasteiger partial charge in [0.2, 0.25) is 11.8 Å². The van der Waals surface area contributed by atoms with E-state index in [4.69, 9.17) is 9.47 Å². The van der Waals surface area contributed by atoms with Crippen LogP contribution in [0.3, 0.4) is 0 Å². The predicted molar refractivity (Wildman–Crippen MR) is 110 cm³/mol. The van der Waals surface area contributed by atoms with E-state index in [2.05, 4.69) is 4.98 Å². The van der Waals surface area contributed by atoms with Crippen LogP contribution in [-0.4, -0.2) is 45.2 Å². The second kappa shape index (κ2) is 7.60. The molecular weight excluding hydrogens is 410 g/mol. The van der Waals surface area contributed by atoms with E-state index in [0.29, 0.717) is 9.87 Å². The Balaban J connectivity index is 2.07. The molecular formula is C20H23N3O6S. The Morgan fingerprint density at radius 3 is 2.53 bits per heavy atom. The summed E-state index contributed by atoms with van der Waals surface area (Å²) in [7, 11) is -1.32. The zero-order valence-corrected chi connectivity index (χ0v) is 18.2. The molecule has 2 aromatic rings. The lowest BCUT2D eigenvalue weighted by Gasteiger charge is -2.29. The number of hydrogen-bond donors (Lipinski definition) is 0. The highest BCUT2D eigenvalue weighted by molar-refractivity contribution is 7.93. The smallest absolute Gasteiger partial charge is 0.414 e. The van der Waals surface area contributed by atoms with Crippen molar-refractivity contribution in [3.05, 3.63) is 42.1 Å². The molecule has 0 N–H and O–H groups in total. The fraction of sp³-hybridized carbons (Fsp3) is 0.350. The van der Waals surface area contributed by atoms with Crippen LogP contribution in [0.4, 0.5) is 16.2 Å². The number of carbonyl (C=O) groups excluding carboxylic acids is 2. The summed E-state index contributed by atoms with van der Waals surface area (Å²) in [6.07, 6.45) is 0.464. The molecule has 0 aliphatic carbocycles. The molecule has 9 nitrogen and oxygen atoms in total. The monoisotopic (exact) mass is 433 g/mol. The van der Waals surface area contributed by atoms with Gasteiger partial charge >= 0.3 is 6.09 Å². The van der Waals surface area contributed by atoms with E-state index in [0.717, 1.165) is 4.90 Å². The van der Waals surface area contributed by atoms with Crippen LogP contribution in [0.2, 0.25) is 0 Å². The minimum absolute atomic E-state index is 0.000659. The minimum atomic E-state index is -4.13. The highest BCUT2D eigenvalue weighted by Gasteiger charge is 2.38. The quantitative estimate of drug-likeness (QED) is 0.733. The number of rotatable bonds is 3. The van der Waals surface area contributed by atoms with Crippen LogP contribution in [0.25, 0.3) is 0 Å². The van der Waals surface area contributed by atoms with Gasteiger partial charge in [0.25, 0.3) is 10.0 Å². The zero-order valence-electron chi connectivity index (χ0n) is 17.4. The molecule has 1 aromatic carbocycles. The number of hydrogen-bond acceptors (Lipinski definition) is 7. The van der Waals surface area contributed by atoms with Gasteiger partial charge < -0.3 is 9.47 Å². The average Bonchev–Trinajstić information content (AvgIpc) is 2.65. The van der Waals surface area contributed by atoms with E-state index in [-0.39, 0.29) is 28.6 Å². The first kappa shape index (κ1) is 21.6. The molecule has 0 fully saturated rings. The molecule has 0 bridgehead atoms. The summed E-state index contributed by atoms with van der Waals surface area (Å²) in [4.78, 5) is 30.5. The molecule has 3 rings (SSSR count). The van der Waals surface area contributed by atoms with Crippen LogP contribution in [0.1, 0.15) is 26.3 Å². The first-order valence-corrected chi connectivity index (χ1v) is 10.6. The lowest BCUT2D eigenvalue weighted by Crippen LogP contribution is -2.42. The maximum atomic E-state index is 13.1. The van der Waals surface area contributed by atoms with Crippen molar-refractivity contribution >= 4 is 33.4 Å². The van der Waals surface area contributed by atoms with Gasteiger partial charge in [-0.05, 0) is 38.5 Å². The van der Waals surface area contributed by atoms with Gasteiger partial charge in [0.1, 0.15) is 11.3 Å². The topological polar surface area (TPSA) is 106 Å². The Hall–Kier alpha value is -3.14. The third-order valence-electron chi connectivity index (χ3n) is 4.33. The second-order valence-electron chi connectivity index (χ2n) is 7.71. The van der Waals surface area contributed by atoms with Crippen molar-refractivity contribution in [1.82, 2.24) is 4.98 Å². The zero-order chi connectivity index (χ0) is 22.3.